The van der Waals surface area contributed by atoms with E-state index >= 15 is 0 Å². The monoisotopic (exact) mass is 300 g/mol. The first kappa shape index (κ1) is 14.0. The van der Waals surface area contributed by atoms with Gasteiger partial charge < -0.3 is 15.2 Å². The highest BCUT2D eigenvalue weighted by molar-refractivity contribution is 5.88. The van der Waals surface area contributed by atoms with Crippen molar-refractivity contribution < 1.29 is 4.52 Å². The summed E-state index contributed by atoms with van der Waals surface area (Å²) in [5.41, 5.74) is 6.60. The number of benzene rings is 1. The molecule has 0 amide bonds. The highest BCUT2D eigenvalue weighted by Gasteiger charge is 2.33. The van der Waals surface area contributed by atoms with E-state index in [-0.39, 0.29) is 0 Å². The topological polar surface area (TPSA) is 58.5 Å². The van der Waals surface area contributed by atoms with Crippen LogP contribution in [-0.4, -0.2) is 48.8 Å². The van der Waals surface area contributed by atoms with Gasteiger partial charge in [0, 0.05) is 32.2 Å². The Kier molecular flexibility index (Phi) is 3.76. The molecule has 0 saturated carbocycles. The minimum atomic E-state index is 0.651. The lowest BCUT2D eigenvalue weighted by atomic mass is 9.89. The van der Waals surface area contributed by atoms with Crippen LogP contribution in [0.1, 0.15) is 19.3 Å². The second kappa shape index (κ2) is 5.89. The number of rotatable bonds is 3. The number of nitrogens with two attached hydrogens (primary N) is 1. The number of fused-ring (bicyclic) bond motifs is 2. The summed E-state index contributed by atoms with van der Waals surface area (Å²) in [4.78, 5) is 5.05. The lowest BCUT2D eigenvalue weighted by molar-refractivity contribution is 0.0928. The first-order valence-electron chi connectivity index (χ1n) is 8.38. The summed E-state index contributed by atoms with van der Waals surface area (Å²) in [5, 5.41) is 5.45. The van der Waals surface area contributed by atoms with Crippen molar-refractivity contribution in [3.05, 3.63) is 24.3 Å². The Morgan fingerprint density at radius 1 is 1.18 bits per heavy atom. The van der Waals surface area contributed by atoms with Crippen molar-refractivity contribution in [2.45, 2.75) is 25.3 Å². The molecule has 0 radical (unpaired) electrons. The van der Waals surface area contributed by atoms with Gasteiger partial charge in [0.05, 0.1) is 5.39 Å². The quantitative estimate of drug-likeness (QED) is 0.940. The number of hydrogen-bond acceptors (Lipinski definition) is 5. The van der Waals surface area contributed by atoms with Crippen molar-refractivity contribution in [1.29, 1.82) is 0 Å². The molecule has 1 aromatic heterocycles. The Morgan fingerprint density at radius 2 is 2.09 bits per heavy atom. The van der Waals surface area contributed by atoms with Gasteiger partial charge in [0.25, 0.3) is 0 Å². The molecule has 2 N–H and O–H groups in total. The van der Waals surface area contributed by atoms with Crippen LogP contribution in [0.2, 0.25) is 0 Å². The minimum absolute atomic E-state index is 0.651. The number of hydrogen-bond donors (Lipinski definition) is 1. The van der Waals surface area contributed by atoms with Gasteiger partial charge in [0.1, 0.15) is 0 Å². The Bertz CT molecular complexity index is 640. The predicted molar refractivity (Wildman–Crippen MR) is 88.0 cm³/mol. The lowest BCUT2D eigenvalue weighted by Crippen LogP contribution is -2.56. The van der Waals surface area contributed by atoms with Gasteiger partial charge >= 0.3 is 0 Å². The van der Waals surface area contributed by atoms with Crippen LogP contribution in [0.25, 0.3) is 11.0 Å². The van der Waals surface area contributed by atoms with Crippen molar-refractivity contribution in [3.8, 4) is 0 Å². The number of nitrogens with zero attached hydrogens (tertiary/aromatic N) is 3. The summed E-state index contributed by atoms with van der Waals surface area (Å²) in [5.74, 6) is 1.81. The SMILES string of the molecule is NCCC1CCC2CN(c3noc4ccccc34)CCN2C1. The first-order chi connectivity index (χ1) is 10.8. The molecule has 2 aromatic rings. The summed E-state index contributed by atoms with van der Waals surface area (Å²) in [6.07, 6.45) is 3.75. The van der Waals surface area contributed by atoms with E-state index in [1.54, 1.807) is 0 Å². The standard InChI is InChI=1S/C17H24N4O/c18-8-7-13-5-6-14-12-21(10-9-20(14)11-13)17-15-3-1-2-4-16(15)22-19-17/h1-4,13-14H,5-12,18H2. The normalized spacial score (nSPS) is 26.3. The van der Waals surface area contributed by atoms with Crippen LogP contribution in [0.15, 0.2) is 28.8 Å². The molecule has 0 bridgehead atoms. The summed E-state index contributed by atoms with van der Waals surface area (Å²) in [6, 6.07) is 8.79. The molecular weight excluding hydrogens is 276 g/mol. The Hall–Kier alpha value is -1.59. The largest absolute Gasteiger partial charge is 0.354 e. The molecule has 3 heterocycles. The van der Waals surface area contributed by atoms with Crippen molar-refractivity contribution in [2.75, 3.05) is 37.6 Å². The summed E-state index contributed by atoms with van der Waals surface area (Å²) in [7, 11) is 0. The highest BCUT2D eigenvalue weighted by atomic mass is 16.5. The molecule has 5 heteroatoms. The molecule has 0 spiro atoms. The zero-order valence-corrected chi connectivity index (χ0v) is 12.9. The summed E-state index contributed by atoms with van der Waals surface area (Å²) >= 11 is 0. The predicted octanol–water partition coefficient (Wildman–Crippen LogP) is 2.08. The second-order valence-corrected chi connectivity index (χ2v) is 6.62. The fourth-order valence-corrected chi connectivity index (χ4v) is 4.02. The smallest absolute Gasteiger partial charge is 0.180 e. The molecule has 2 aliphatic rings. The van der Waals surface area contributed by atoms with Crippen molar-refractivity contribution >= 4 is 16.8 Å². The van der Waals surface area contributed by atoms with E-state index in [1.165, 1.54) is 25.8 Å². The van der Waals surface area contributed by atoms with Crippen LogP contribution in [0.4, 0.5) is 5.82 Å². The average Bonchev–Trinajstić information content (AvgIpc) is 2.99. The molecule has 4 rings (SSSR count). The molecule has 118 valence electrons. The van der Waals surface area contributed by atoms with E-state index in [2.05, 4.69) is 27.1 Å². The van der Waals surface area contributed by atoms with E-state index in [9.17, 15) is 0 Å². The van der Waals surface area contributed by atoms with Gasteiger partial charge in [-0.15, -0.1) is 0 Å². The van der Waals surface area contributed by atoms with E-state index in [4.69, 9.17) is 10.3 Å². The van der Waals surface area contributed by atoms with Crippen LogP contribution in [0.5, 0.6) is 0 Å². The van der Waals surface area contributed by atoms with Crippen LogP contribution < -0.4 is 10.6 Å². The third-order valence-electron chi connectivity index (χ3n) is 5.24. The molecule has 5 nitrogen and oxygen atoms in total. The zero-order chi connectivity index (χ0) is 14.9. The Balaban J connectivity index is 1.49. The molecule has 2 atom stereocenters. The first-order valence-corrected chi connectivity index (χ1v) is 8.38. The van der Waals surface area contributed by atoms with Crippen LogP contribution in [0, 0.1) is 5.92 Å². The third kappa shape index (κ3) is 2.48. The maximum atomic E-state index is 5.72. The van der Waals surface area contributed by atoms with Gasteiger partial charge in [-0.3, -0.25) is 4.90 Å². The van der Waals surface area contributed by atoms with Crippen molar-refractivity contribution in [3.63, 3.8) is 0 Å². The number of piperazine rings is 1. The number of aromatic nitrogens is 1. The lowest BCUT2D eigenvalue weighted by Gasteiger charge is -2.46. The summed E-state index contributed by atoms with van der Waals surface area (Å²) < 4.78 is 5.47. The van der Waals surface area contributed by atoms with Gasteiger partial charge in [-0.05, 0) is 43.9 Å². The summed E-state index contributed by atoms with van der Waals surface area (Å²) in [6.45, 7) is 5.25. The average molecular weight is 300 g/mol. The Morgan fingerprint density at radius 3 is 3.00 bits per heavy atom. The molecule has 2 fully saturated rings. The molecule has 22 heavy (non-hydrogen) atoms. The molecule has 1 aromatic carbocycles. The van der Waals surface area contributed by atoms with Crippen LogP contribution in [-0.2, 0) is 0 Å². The van der Waals surface area contributed by atoms with Crippen molar-refractivity contribution in [2.24, 2.45) is 11.7 Å². The third-order valence-corrected chi connectivity index (χ3v) is 5.24. The highest BCUT2D eigenvalue weighted by Crippen LogP contribution is 2.31. The van der Waals surface area contributed by atoms with Gasteiger partial charge in [-0.1, -0.05) is 17.3 Å². The molecular formula is C17H24N4O. The minimum Gasteiger partial charge on any atom is -0.354 e. The van der Waals surface area contributed by atoms with Gasteiger partial charge in [0.15, 0.2) is 11.4 Å². The second-order valence-electron chi connectivity index (χ2n) is 6.62. The fraction of sp³-hybridized carbons (Fsp3) is 0.588. The Labute approximate surface area is 131 Å². The van der Waals surface area contributed by atoms with E-state index in [0.717, 1.165) is 48.9 Å². The number of piperidine rings is 1. The molecule has 2 aliphatic heterocycles. The van der Waals surface area contributed by atoms with E-state index in [1.807, 2.05) is 12.1 Å². The maximum Gasteiger partial charge on any atom is 0.180 e. The van der Waals surface area contributed by atoms with Crippen molar-refractivity contribution in [1.82, 2.24) is 10.1 Å². The molecule has 0 aliphatic carbocycles. The van der Waals surface area contributed by atoms with Gasteiger partial charge in [0.2, 0.25) is 0 Å². The van der Waals surface area contributed by atoms with Gasteiger partial charge in [-0.25, -0.2) is 0 Å². The molecule has 2 unspecified atom stereocenters. The van der Waals surface area contributed by atoms with Crippen LogP contribution >= 0.6 is 0 Å². The van der Waals surface area contributed by atoms with Crippen LogP contribution in [0.3, 0.4) is 0 Å². The van der Waals surface area contributed by atoms with E-state index < -0.39 is 0 Å². The number of anilines is 1. The fourth-order valence-electron chi connectivity index (χ4n) is 4.02. The van der Waals surface area contributed by atoms with Gasteiger partial charge in [-0.2, -0.15) is 0 Å². The maximum absolute atomic E-state index is 5.72. The molecule has 2 saturated heterocycles. The van der Waals surface area contributed by atoms with E-state index in [0.29, 0.717) is 6.04 Å². The number of para-hydroxylation sites is 1. The zero-order valence-electron chi connectivity index (χ0n) is 12.9.